The first-order valence-corrected chi connectivity index (χ1v) is 5.49. The minimum atomic E-state index is -0.496. The Kier molecular flexibility index (Phi) is 5.43. The maximum atomic E-state index is 10.5. The third-order valence-electron chi connectivity index (χ3n) is 1.96. The van der Waals surface area contributed by atoms with E-state index in [2.05, 4.69) is 9.97 Å². The highest BCUT2D eigenvalue weighted by atomic mass is 35.5. The molecule has 7 heteroatoms. The molecule has 2 amide bonds. The molecule has 0 aliphatic heterocycles. The van der Waals surface area contributed by atoms with Crippen LogP contribution in [0.4, 0.5) is 0 Å². The number of rotatable bonds is 2. The summed E-state index contributed by atoms with van der Waals surface area (Å²) in [6.07, 6.45) is 4.36. The molecule has 0 radical (unpaired) electrons. The molecule has 0 saturated heterocycles. The zero-order valence-corrected chi connectivity index (χ0v) is 10.5. The van der Waals surface area contributed by atoms with Gasteiger partial charge in [0, 0.05) is 18.6 Å². The van der Waals surface area contributed by atoms with Gasteiger partial charge in [-0.15, -0.1) is 0 Å². The van der Waals surface area contributed by atoms with Crippen LogP contribution in [0.2, 0.25) is 5.15 Å². The van der Waals surface area contributed by atoms with Gasteiger partial charge in [-0.25, -0.2) is 4.98 Å². The van der Waals surface area contributed by atoms with Gasteiger partial charge in [-0.05, 0) is 24.3 Å². The Morgan fingerprint density at radius 2 is 1.63 bits per heavy atom. The van der Waals surface area contributed by atoms with Crippen LogP contribution in [-0.2, 0) is 0 Å². The fourth-order valence-corrected chi connectivity index (χ4v) is 1.14. The number of amides is 2. The van der Waals surface area contributed by atoms with Crippen molar-refractivity contribution in [2.24, 2.45) is 11.5 Å². The number of nitrogens with zero attached hydrogens (tertiary/aromatic N) is 2. The van der Waals surface area contributed by atoms with E-state index in [1.807, 2.05) is 0 Å². The number of aromatic nitrogens is 2. The summed E-state index contributed by atoms with van der Waals surface area (Å²) < 4.78 is 0. The minimum absolute atomic E-state index is 0.352. The van der Waals surface area contributed by atoms with Crippen molar-refractivity contribution < 1.29 is 9.59 Å². The SMILES string of the molecule is NC(=O)c1ccc(Cl)nc1.NC(=O)c1cccnc1. The van der Waals surface area contributed by atoms with Gasteiger partial charge in [-0.2, -0.15) is 0 Å². The van der Waals surface area contributed by atoms with Crippen LogP contribution in [0.25, 0.3) is 0 Å². The number of hydrogen-bond donors (Lipinski definition) is 2. The summed E-state index contributed by atoms with van der Waals surface area (Å²) in [6.45, 7) is 0. The molecule has 19 heavy (non-hydrogen) atoms. The van der Waals surface area contributed by atoms with Crippen molar-refractivity contribution in [1.29, 1.82) is 0 Å². The second-order valence-electron chi connectivity index (χ2n) is 3.34. The van der Waals surface area contributed by atoms with E-state index in [4.69, 9.17) is 23.1 Å². The number of halogens is 1. The second kappa shape index (κ2) is 7.07. The maximum absolute atomic E-state index is 10.5. The third kappa shape index (κ3) is 5.13. The van der Waals surface area contributed by atoms with Crippen LogP contribution in [0.5, 0.6) is 0 Å². The number of carbonyl (C=O) groups is 2. The van der Waals surface area contributed by atoms with Crippen molar-refractivity contribution >= 4 is 23.4 Å². The molecular formula is C12H11ClN4O2. The van der Waals surface area contributed by atoms with Crippen LogP contribution in [-0.4, -0.2) is 21.8 Å². The second-order valence-corrected chi connectivity index (χ2v) is 3.73. The summed E-state index contributed by atoms with van der Waals surface area (Å²) >= 11 is 5.45. The van der Waals surface area contributed by atoms with E-state index in [-0.39, 0.29) is 0 Å². The number of hydrogen-bond acceptors (Lipinski definition) is 4. The molecule has 0 aliphatic rings. The fourth-order valence-electron chi connectivity index (χ4n) is 1.03. The Morgan fingerprint density at radius 3 is 2.00 bits per heavy atom. The molecule has 4 N–H and O–H groups in total. The molecule has 0 aliphatic carbocycles. The van der Waals surface area contributed by atoms with E-state index in [1.54, 1.807) is 18.3 Å². The van der Waals surface area contributed by atoms with Crippen molar-refractivity contribution in [3.8, 4) is 0 Å². The molecule has 0 spiro atoms. The Hall–Kier alpha value is -2.47. The van der Waals surface area contributed by atoms with Crippen molar-refractivity contribution in [3.63, 3.8) is 0 Å². The average Bonchev–Trinajstić information content (AvgIpc) is 2.41. The molecule has 0 bridgehead atoms. The lowest BCUT2D eigenvalue weighted by molar-refractivity contribution is 0.0991. The number of nitrogens with two attached hydrogens (primary N) is 2. The highest BCUT2D eigenvalue weighted by molar-refractivity contribution is 6.29. The largest absolute Gasteiger partial charge is 0.366 e. The molecule has 2 rings (SSSR count). The van der Waals surface area contributed by atoms with E-state index < -0.39 is 11.8 Å². The molecule has 2 aromatic heterocycles. The monoisotopic (exact) mass is 278 g/mol. The van der Waals surface area contributed by atoms with Crippen molar-refractivity contribution in [2.75, 3.05) is 0 Å². The topological polar surface area (TPSA) is 112 Å². The van der Waals surface area contributed by atoms with E-state index in [9.17, 15) is 9.59 Å². The standard InChI is InChI=1S/C6H5ClN2O.C6H6N2O/c7-5-2-1-4(3-9-5)6(8)10;7-6(9)5-2-1-3-8-4-5/h1-3H,(H2,8,10);1-4H,(H2,7,9). The zero-order chi connectivity index (χ0) is 14.3. The van der Waals surface area contributed by atoms with E-state index in [0.717, 1.165) is 0 Å². The summed E-state index contributed by atoms with van der Waals surface area (Å²) in [5, 5.41) is 0.352. The summed E-state index contributed by atoms with van der Waals surface area (Å²) in [5.41, 5.74) is 10.7. The molecule has 0 unspecified atom stereocenters. The predicted molar refractivity (Wildman–Crippen MR) is 70.5 cm³/mol. The van der Waals surface area contributed by atoms with Gasteiger partial charge in [0.15, 0.2) is 0 Å². The van der Waals surface area contributed by atoms with Crippen molar-refractivity contribution in [3.05, 3.63) is 59.1 Å². The highest BCUT2D eigenvalue weighted by Gasteiger charge is 1.98. The molecule has 2 heterocycles. The normalized spacial score (nSPS) is 9.11. The minimum Gasteiger partial charge on any atom is -0.366 e. The van der Waals surface area contributed by atoms with Gasteiger partial charge in [0.2, 0.25) is 11.8 Å². The van der Waals surface area contributed by atoms with E-state index in [0.29, 0.717) is 16.3 Å². The third-order valence-corrected chi connectivity index (χ3v) is 2.18. The summed E-state index contributed by atoms with van der Waals surface area (Å²) in [7, 11) is 0. The van der Waals surface area contributed by atoms with Crippen LogP contribution in [0, 0.1) is 0 Å². The molecule has 0 atom stereocenters. The van der Waals surface area contributed by atoms with Gasteiger partial charge < -0.3 is 11.5 Å². The Labute approximate surface area is 114 Å². The number of pyridine rings is 2. The molecule has 2 aromatic rings. The summed E-state index contributed by atoms with van der Waals surface area (Å²) in [6, 6.07) is 6.33. The lowest BCUT2D eigenvalue weighted by atomic mass is 10.3. The zero-order valence-electron chi connectivity index (χ0n) is 9.79. The maximum Gasteiger partial charge on any atom is 0.250 e. The van der Waals surface area contributed by atoms with Gasteiger partial charge in [-0.3, -0.25) is 14.6 Å². The lowest BCUT2D eigenvalue weighted by Crippen LogP contribution is -2.10. The Balaban J connectivity index is 0.000000191. The fraction of sp³-hybridized carbons (Fsp3) is 0. The smallest absolute Gasteiger partial charge is 0.250 e. The predicted octanol–water partition coefficient (Wildman–Crippen LogP) is 1.01. The molecule has 6 nitrogen and oxygen atoms in total. The first-order chi connectivity index (χ1) is 9.00. The quantitative estimate of drug-likeness (QED) is 0.798. The average molecular weight is 279 g/mol. The molecule has 0 aromatic carbocycles. The lowest BCUT2D eigenvalue weighted by Gasteiger charge is -1.91. The van der Waals surface area contributed by atoms with Gasteiger partial charge in [0.25, 0.3) is 0 Å². The first kappa shape index (κ1) is 14.6. The van der Waals surface area contributed by atoms with Crippen LogP contribution in [0.3, 0.4) is 0 Å². The molecule has 0 fully saturated rings. The van der Waals surface area contributed by atoms with E-state index >= 15 is 0 Å². The van der Waals surface area contributed by atoms with E-state index in [1.165, 1.54) is 24.5 Å². The van der Waals surface area contributed by atoms with Gasteiger partial charge >= 0.3 is 0 Å². The number of primary amides is 2. The van der Waals surface area contributed by atoms with Crippen LogP contribution in [0.15, 0.2) is 42.9 Å². The van der Waals surface area contributed by atoms with Crippen molar-refractivity contribution in [1.82, 2.24) is 9.97 Å². The Morgan fingerprint density at radius 1 is 1.00 bits per heavy atom. The van der Waals surface area contributed by atoms with Gasteiger partial charge in [0.05, 0.1) is 11.1 Å². The van der Waals surface area contributed by atoms with Gasteiger partial charge in [0.1, 0.15) is 5.15 Å². The molecule has 98 valence electrons. The first-order valence-electron chi connectivity index (χ1n) is 5.12. The van der Waals surface area contributed by atoms with Crippen LogP contribution < -0.4 is 11.5 Å². The summed E-state index contributed by atoms with van der Waals surface area (Å²) in [5.74, 6) is -0.938. The molecular weight excluding hydrogens is 268 g/mol. The number of carbonyl (C=O) groups excluding carboxylic acids is 2. The Bertz CT molecular complexity index is 558. The van der Waals surface area contributed by atoms with Crippen LogP contribution in [0.1, 0.15) is 20.7 Å². The molecule has 0 saturated carbocycles. The van der Waals surface area contributed by atoms with Crippen LogP contribution >= 0.6 is 11.6 Å². The van der Waals surface area contributed by atoms with Crippen molar-refractivity contribution in [2.45, 2.75) is 0 Å². The summed E-state index contributed by atoms with van der Waals surface area (Å²) in [4.78, 5) is 28.2. The highest BCUT2D eigenvalue weighted by Crippen LogP contribution is 2.03. The van der Waals surface area contributed by atoms with Gasteiger partial charge in [-0.1, -0.05) is 11.6 Å².